The molecule has 6 aliphatic rings. The molecule has 4 aliphatic heterocycles. The van der Waals surface area contributed by atoms with E-state index < -0.39 is 29.9 Å². The number of fused-ring (bicyclic) bond motifs is 1. The first-order valence-corrected chi connectivity index (χ1v) is 15.7. The molecule has 0 spiro atoms. The molecule has 2 aliphatic carbocycles. The molecule has 4 saturated heterocycles. The van der Waals surface area contributed by atoms with Gasteiger partial charge in [0, 0.05) is 49.9 Å². The van der Waals surface area contributed by atoms with Crippen LogP contribution in [0.5, 0.6) is 0 Å². The maximum absolute atomic E-state index is 14.4. The van der Waals surface area contributed by atoms with Gasteiger partial charge in [-0.3, -0.25) is 9.69 Å². The average molecular weight is 592 g/mol. The van der Waals surface area contributed by atoms with E-state index in [0.29, 0.717) is 45.1 Å². The van der Waals surface area contributed by atoms with E-state index in [0.717, 1.165) is 38.8 Å². The van der Waals surface area contributed by atoms with Crippen molar-refractivity contribution in [1.29, 1.82) is 0 Å². The largest absolute Gasteiger partial charge is 0.392 e. The third kappa shape index (κ3) is 6.14. The molecule has 4 heterocycles. The molecule has 41 heavy (non-hydrogen) atoms. The Balaban J connectivity index is 1.13. The van der Waals surface area contributed by atoms with Gasteiger partial charge >= 0.3 is 6.18 Å². The SMILES string of the molecule is CN1CNNC1CC1(C2CCCC(N3CC4C(CC(CN5CCCC(F)(F)CC5)CC4C(F)(F)F)C3=O)C2)COC1. The predicted octanol–water partition coefficient (Wildman–Crippen LogP) is 4.06. The van der Waals surface area contributed by atoms with Crippen molar-refractivity contribution in [2.75, 3.05) is 53.1 Å². The molecule has 2 saturated carbocycles. The lowest BCUT2D eigenvalue weighted by Gasteiger charge is -2.52. The van der Waals surface area contributed by atoms with Crippen LogP contribution in [0.15, 0.2) is 0 Å². The van der Waals surface area contributed by atoms with Gasteiger partial charge in [-0.2, -0.15) is 13.2 Å². The summed E-state index contributed by atoms with van der Waals surface area (Å²) >= 11 is 0. The van der Waals surface area contributed by atoms with Crippen LogP contribution in [0, 0.1) is 35.0 Å². The lowest BCUT2D eigenvalue weighted by atomic mass is 9.64. The summed E-state index contributed by atoms with van der Waals surface area (Å²) in [5.41, 5.74) is 6.56. The van der Waals surface area contributed by atoms with E-state index in [1.807, 2.05) is 9.80 Å². The molecule has 0 radical (unpaired) electrons. The van der Waals surface area contributed by atoms with E-state index in [9.17, 15) is 26.7 Å². The number of rotatable bonds is 6. The number of likely N-dealkylation sites (tertiary alicyclic amines) is 2. The van der Waals surface area contributed by atoms with Crippen molar-refractivity contribution in [2.24, 2.45) is 35.0 Å². The summed E-state index contributed by atoms with van der Waals surface area (Å²) in [6.45, 7) is 3.39. The summed E-state index contributed by atoms with van der Waals surface area (Å²) in [4.78, 5) is 19.8. The zero-order valence-corrected chi connectivity index (χ0v) is 24.1. The van der Waals surface area contributed by atoms with Gasteiger partial charge in [-0.1, -0.05) is 6.42 Å². The Kier molecular flexibility index (Phi) is 8.37. The highest BCUT2D eigenvalue weighted by atomic mass is 19.4. The fourth-order valence-corrected chi connectivity index (χ4v) is 9.02. The van der Waals surface area contributed by atoms with Crippen molar-refractivity contribution in [3.63, 3.8) is 0 Å². The predicted molar refractivity (Wildman–Crippen MR) is 143 cm³/mol. The van der Waals surface area contributed by atoms with Crippen LogP contribution in [-0.2, 0) is 9.53 Å². The van der Waals surface area contributed by atoms with Crippen LogP contribution < -0.4 is 10.9 Å². The van der Waals surface area contributed by atoms with Gasteiger partial charge in [0.25, 0.3) is 0 Å². The maximum Gasteiger partial charge on any atom is 0.392 e. The molecule has 7 unspecified atom stereocenters. The molecule has 0 aromatic rings. The molecule has 6 fully saturated rings. The summed E-state index contributed by atoms with van der Waals surface area (Å²) in [6, 6.07) is -0.0307. The molecule has 234 valence electrons. The summed E-state index contributed by atoms with van der Waals surface area (Å²) in [5.74, 6) is -5.61. The molecule has 0 aromatic heterocycles. The van der Waals surface area contributed by atoms with Crippen molar-refractivity contribution in [1.82, 2.24) is 25.6 Å². The van der Waals surface area contributed by atoms with E-state index in [2.05, 4.69) is 22.8 Å². The molecule has 1 amide bonds. The summed E-state index contributed by atoms with van der Waals surface area (Å²) < 4.78 is 76.8. The molecular formula is C29H46F5N5O2. The minimum Gasteiger partial charge on any atom is -0.380 e. The standard InChI is InChI=1S/C29H46F5N5O2/c1-37-18-35-36-25(37)13-27(16-41-17-27)20-4-2-5-21(12-20)39-15-23-22(26(39)40)10-19(11-24(23)29(32,33)34)14-38-8-3-6-28(30,31)7-9-38/h19-25,35-36H,2-18H2,1H3. The fourth-order valence-electron chi connectivity index (χ4n) is 9.02. The topological polar surface area (TPSA) is 60.1 Å². The molecule has 0 bridgehead atoms. The van der Waals surface area contributed by atoms with Crippen LogP contribution in [0.3, 0.4) is 0 Å². The second kappa shape index (κ2) is 11.4. The van der Waals surface area contributed by atoms with Gasteiger partial charge in [0.2, 0.25) is 11.8 Å². The number of carbonyl (C=O) groups is 1. The Hall–Kier alpha value is -1.08. The summed E-state index contributed by atoms with van der Waals surface area (Å²) in [7, 11) is 2.08. The van der Waals surface area contributed by atoms with E-state index in [1.165, 1.54) is 0 Å². The first kappa shape index (κ1) is 30.0. The fraction of sp³-hybridized carbons (Fsp3) is 0.966. The molecular weight excluding hydrogens is 545 g/mol. The minimum atomic E-state index is -4.37. The van der Waals surface area contributed by atoms with Crippen molar-refractivity contribution in [3.8, 4) is 0 Å². The number of halogens is 5. The molecule has 6 rings (SSSR count). The van der Waals surface area contributed by atoms with Crippen LogP contribution in [0.25, 0.3) is 0 Å². The van der Waals surface area contributed by atoms with Gasteiger partial charge in [-0.25, -0.2) is 19.6 Å². The number of carbonyl (C=O) groups excluding carboxylic acids is 1. The third-order valence-corrected chi connectivity index (χ3v) is 11.4. The number of amides is 1. The molecule has 0 aromatic carbocycles. The van der Waals surface area contributed by atoms with Gasteiger partial charge in [-0.15, -0.1) is 0 Å². The lowest BCUT2D eigenvalue weighted by molar-refractivity contribution is -0.204. The van der Waals surface area contributed by atoms with Gasteiger partial charge in [-0.05, 0) is 76.3 Å². The Labute approximate surface area is 239 Å². The monoisotopic (exact) mass is 591 g/mol. The van der Waals surface area contributed by atoms with Gasteiger partial charge < -0.3 is 14.5 Å². The van der Waals surface area contributed by atoms with Crippen molar-refractivity contribution in [2.45, 2.75) is 88.5 Å². The van der Waals surface area contributed by atoms with E-state index in [-0.39, 0.29) is 61.8 Å². The number of nitrogens with one attached hydrogen (secondary N) is 2. The molecule has 7 atom stereocenters. The second-order valence-electron chi connectivity index (χ2n) is 14.1. The van der Waals surface area contributed by atoms with E-state index in [4.69, 9.17) is 4.74 Å². The highest BCUT2D eigenvalue weighted by Gasteiger charge is 2.58. The van der Waals surface area contributed by atoms with Crippen LogP contribution in [0.1, 0.15) is 64.2 Å². The van der Waals surface area contributed by atoms with Crippen LogP contribution in [0.4, 0.5) is 22.0 Å². The van der Waals surface area contributed by atoms with Gasteiger partial charge in [0.05, 0.1) is 32.0 Å². The minimum absolute atomic E-state index is 0.0115. The zero-order chi connectivity index (χ0) is 29.0. The first-order valence-electron chi connectivity index (χ1n) is 15.7. The number of hydrazine groups is 1. The maximum atomic E-state index is 14.4. The summed E-state index contributed by atoms with van der Waals surface area (Å²) in [6.07, 6.45) is 0.794. The molecule has 2 N–H and O–H groups in total. The second-order valence-corrected chi connectivity index (χ2v) is 14.1. The quantitative estimate of drug-likeness (QED) is 0.455. The van der Waals surface area contributed by atoms with Crippen LogP contribution in [-0.4, -0.2) is 98.0 Å². The first-order chi connectivity index (χ1) is 19.4. The highest BCUT2D eigenvalue weighted by Crippen LogP contribution is 2.53. The van der Waals surface area contributed by atoms with E-state index >= 15 is 0 Å². The number of hydrogen-bond donors (Lipinski definition) is 2. The number of alkyl halides is 5. The zero-order valence-electron chi connectivity index (χ0n) is 24.1. The van der Waals surface area contributed by atoms with Gasteiger partial charge in [0.1, 0.15) is 0 Å². The van der Waals surface area contributed by atoms with Crippen LogP contribution >= 0.6 is 0 Å². The normalized spacial score (nSPS) is 40.3. The Bertz CT molecular complexity index is 949. The Morgan fingerprint density at radius 3 is 2.54 bits per heavy atom. The number of nitrogens with zero attached hydrogens (tertiary/aromatic N) is 3. The number of ether oxygens (including phenoxy) is 1. The van der Waals surface area contributed by atoms with E-state index in [1.54, 1.807) is 0 Å². The van der Waals surface area contributed by atoms with Gasteiger partial charge in [0.15, 0.2) is 0 Å². The Morgan fingerprint density at radius 1 is 1.05 bits per heavy atom. The lowest BCUT2D eigenvalue weighted by Crippen LogP contribution is -2.56. The molecule has 12 heteroatoms. The third-order valence-electron chi connectivity index (χ3n) is 11.4. The van der Waals surface area contributed by atoms with Crippen molar-refractivity contribution >= 4 is 5.91 Å². The average Bonchev–Trinajstić information content (AvgIpc) is 3.40. The van der Waals surface area contributed by atoms with Crippen LogP contribution in [0.2, 0.25) is 0 Å². The summed E-state index contributed by atoms with van der Waals surface area (Å²) in [5, 5.41) is 0. The number of hydrogen-bond acceptors (Lipinski definition) is 6. The molecule has 7 nitrogen and oxygen atoms in total. The van der Waals surface area contributed by atoms with Crippen molar-refractivity contribution in [3.05, 3.63) is 0 Å². The van der Waals surface area contributed by atoms with Crippen molar-refractivity contribution < 1.29 is 31.5 Å². The Morgan fingerprint density at radius 2 is 1.85 bits per heavy atom. The smallest absolute Gasteiger partial charge is 0.380 e. The highest BCUT2D eigenvalue weighted by molar-refractivity contribution is 5.82.